The van der Waals surface area contributed by atoms with Crippen molar-refractivity contribution in [1.29, 1.82) is 0 Å². The van der Waals surface area contributed by atoms with E-state index < -0.39 is 0 Å². The van der Waals surface area contributed by atoms with Gasteiger partial charge in [-0.1, -0.05) is 38.8 Å². The van der Waals surface area contributed by atoms with Gasteiger partial charge >= 0.3 is 0 Å². The van der Waals surface area contributed by atoms with Gasteiger partial charge in [-0.25, -0.2) is 4.98 Å². The molecule has 2 aliphatic rings. The minimum absolute atomic E-state index is 0.307. The Balaban J connectivity index is 1.99. The fourth-order valence-electron chi connectivity index (χ4n) is 4.55. The predicted octanol–water partition coefficient (Wildman–Crippen LogP) is 4.85. The number of nitrogens with zero attached hydrogens (tertiary/aromatic N) is 1. The fraction of sp³-hybridized carbons (Fsp3) is 0.722. The Bertz CT molecular complexity index is 444. The Morgan fingerprint density at radius 1 is 1.40 bits per heavy atom. The number of H-pyrrole nitrogens is 1. The molecule has 0 saturated heterocycles. The number of rotatable bonds is 5. The second-order valence-corrected chi connectivity index (χ2v) is 6.82. The van der Waals surface area contributed by atoms with Crippen molar-refractivity contribution in [2.75, 3.05) is 0 Å². The molecule has 0 aromatic carbocycles. The maximum atomic E-state index is 4.34. The summed E-state index contributed by atoms with van der Waals surface area (Å²) in [4.78, 5) is 7.81. The van der Waals surface area contributed by atoms with Gasteiger partial charge in [-0.3, -0.25) is 0 Å². The van der Waals surface area contributed by atoms with Gasteiger partial charge in [-0.2, -0.15) is 0 Å². The maximum Gasteiger partial charge on any atom is 0.0921 e. The summed E-state index contributed by atoms with van der Waals surface area (Å²) in [5, 5.41) is 0. The average Bonchev–Trinajstić information content (AvgIpc) is 3.18. The number of aromatic nitrogens is 2. The summed E-state index contributed by atoms with van der Waals surface area (Å²) in [5.41, 5.74) is 1.70. The summed E-state index contributed by atoms with van der Waals surface area (Å²) >= 11 is 0. The van der Waals surface area contributed by atoms with Gasteiger partial charge in [0.2, 0.25) is 0 Å². The molecule has 0 unspecified atom stereocenters. The molecule has 1 N–H and O–H groups in total. The number of hydrogen-bond acceptors (Lipinski definition) is 1. The summed E-state index contributed by atoms with van der Waals surface area (Å²) in [6.45, 7) is 4.65. The van der Waals surface area contributed by atoms with Crippen LogP contribution in [-0.4, -0.2) is 9.97 Å². The molecule has 2 fully saturated rings. The summed E-state index contributed by atoms with van der Waals surface area (Å²) < 4.78 is 0. The van der Waals surface area contributed by atoms with Crippen LogP contribution in [-0.2, 0) is 5.41 Å². The Morgan fingerprint density at radius 2 is 2.25 bits per heavy atom. The van der Waals surface area contributed by atoms with Crippen molar-refractivity contribution < 1.29 is 0 Å². The topological polar surface area (TPSA) is 28.7 Å². The second-order valence-electron chi connectivity index (χ2n) is 6.82. The predicted molar refractivity (Wildman–Crippen MR) is 83.5 cm³/mol. The molecule has 2 aliphatic carbocycles. The van der Waals surface area contributed by atoms with Crippen LogP contribution in [0.15, 0.2) is 24.7 Å². The van der Waals surface area contributed by atoms with Crippen LogP contribution < -0.4 is 0 Å². The Hall–Kier alpha value is -1.05. The molecule has 0 spiro atoms. The molecule has 1 aromatic rings. The molecule has 3 rings (SSSR count). The number of allylic oxidation sites excluding steroid dienone is 2. The molecule has 1 aromatic heterocycles. The van der Waals surface area contributed by atoms with E-state index >= 15 is 0 Å². The lowest BCUT2D eigenvalue weighted by Crippen LogP contribution is -2.44. The van der Waals surface area contributed by atoms with Crippen molar-refractivity contribution in [1.82, 2.24) is 9.97 Å². The number of imidazole rings is 1. The first-order valence-corrected chi connectivity index (χ1v) is 8.44. The van der Waals surface area contributed by atoms with Gasteiger partial charge in [-0.15, -0.1) is 0 Å². The minimum atomic E-state index is 0.307. The van der Waals surface area contributed by atoms with Crippen LogP contribution in [0, 0.1) is 17.8 Å². The molecule has 20 heavy (non-hydrogen) atoms. The van der Waals surface area contributed by atoms with E-state index in [1.807, 2.05) is 6.33 Å². The molecule has 0 radical (unpaired) electrons. The van der Waals surface area contributed by atoms with E-state index in [0.717, 1.165) is 18.3 Å². The molecule has 110 valence electrons. The number of nitrogens with one attached hydrogen (secondary N) is 1. The van der Waals surface area contributed by atoms with Gasteiger partial charge in [0.1, 0.15) is 0 Å². The third-order valence-corrected chi connectivity index (χ3v) is 5.68. The Morgan fingerprint density at radius 3 is 2.90 bits per heavy atom. The van der Waals surface area contributed by atoms with Crippen molar-refractivity contribution in [3.63, 3.8) is 0 Å². The summed E-state index contributed by atoms with van der Waals surface area (Å²) in [6, 6.07) is 0. The zero-order chi connectivity index (χ0) is 14.0. The molecule has 1 heterocycles. The highest BCUT2D eigenvalue weighted by atomic mass is 14.9. The third-order valence-electron chi connectivity index (χ3n) is 5.68. The maximum absolute atomic E-state index is 4.34. The average molecular weight is 272 g/mol. The third kappa shape index (κ3) is 2.34. The molecule has 2 nitrogen and oxygen atoms in total. The first-order chi connectivity index (χ1) is 9.79. The van der Waals surface area contributed by atoms with E-state index in [9.17, 15) is 0 Å². The largest absolute Gasteiger partial charge is 0.348 e. The number of hydrogen-bond donors (Lipinski definition) is 1. The standard InChI is InChI=1S/C18H28N2/c1-3-4-7-14(2)18(17-12-19-13-20-17)11-6-5-8-16(18)15-9-10-15/h4,7,12-16H,3,5-6,8-11H2,1-2H3,(H,19,20)/t14-,16-,18-/m0/s1. The van der Waals surface area contributed by atoms with Crippen molar-refractivity contribution in [2.45, 2.75) is 64.2 Å². The lowest BCUT2D eigenvalue weighted by atomic mass is 9.57. The van der Waals surface area contributed by atoms with E-state index in [1.54, 1.807) is 0 Å². The van der Waals surface area contributed by atoms with Crippen molar-refractivity contribution in [2.24, 2.45) is 17.8 Å². The first kappa shape index (κ1) is 13.9. The molecule has 0 aliphatic heterocycles. The quantitative estimate of drug-likeness (QED) is 0.763. The summed E-state index contributed by atoms with van der Waals surface area (Å²) in [6.07, 6.45) is 18.3. The van der Waals surface area contributed by atoms with Crippen LogP contribution in [0.4, 0.5) is 0 Å². The van der Waals surface area contributed by atoms with Crippen molar-refractivity contribution in [3.05, 3.63) is 30.4 Å². The Kier molecular flexibility index (Phi) is 4.00. The van der Waals surface area contributed by atoms with Gasteiger partial charge in [0.25, 0.3) is 0 Å². The lowest BCUT2D eigenvalue weighted by Gasteiger charge is -2.47. The zero-order valence-electron chi connectivity index (χ0n) is 12.9. The van der Waals surface area contributed by atoms with E-state index in [4.69, 9.17) is 0 Å². The highest BCUT2D eigenvalue weighted by Gasteiger charge is 2.51. The van der Waals surface area contributed by atoms with Gasteiger partial charge < -0.3 is 4.98 Å². The van der Waals surface area contributed by atoms with Gasteiger partial charge in [0.15, 0.2) is 0 Å². The SMILES string of the molecule is CCC=C[C@H](C)[C@@]1(c2cnc[nH]2)CCCC[C@H]1C1CC1. The van der Waals surface area contributed by atoms with Crippen LogP contribution in [0.1, 0.15) is 64.5 Å². The molecule has 0 bridgehead atoms. The molecule has 2 heteroatoms. The smallest absolute Gasteiger partial charge is 0.0921 e. The lowest BCUT2D eigenvalue weighted by molar-refractivity contribution is 0.117. The highest BCUT2D eigenvalue weighted by molar-refractivity contribution is 5.23. The van der Waals surface area contributed by atoms with Crippen molar-refractivity contribution in [3.8, 4) is 0 Å². The van der Waals surface area contributed by atoms with Crippen LogP contribution in [0.2, 0.25) is 0 Å². The van der Waals surface area contributed by atoms with E-state index in [1.165, 1.54) is 44.2 Å². The molecule has 2 saturated carbocycles. The molecule has 0 amide bonds. The van der Waals surface area contributed by atoms with Crippen molar-refractivity contribution >= 4 is 0 Å². The van der Waals surface area contributed by atoms with Crippen LogP contribution in [0.5, 0.6) is 0 Å². The molecule has 3 atom stereocenters. The fourth-order valence-corrected chi connectivity index (χ4v) is 4.55. The molecular formula is C18H28N2. The van der Waals surface area contributed by atoms with Crippen LogP contribution in [0.25, 0.3) is 0 Å². The van der Waals surface area contributed by atoms with E-state index in [0.29, 0.717) is 11.3 Å². The van der Waals surface area contributed by atoms with Crippen LogP contribution in [0.3, 0.4) is 0 Å². The second kappa shape index (κ2) is 5.75. The van der Waals surface area contributed by atoms with Gasteiger partial charge in [0, 0.05) is 17.3 Å². The summed E-state index contributed by atoms with van der Waals surface area (Å²) in [5.74, 6) is 2.43. The van der Waals surface area contributed by atoms with E-state index in [-0.39, 0.29) is 0 Å². The normalized spacial score (nSPS) is 32.6. The zero-order valence-corrected chi connectivity index (χ0v) is 12.9. The Labute approximate surface area is 123 Å². The van der Waals surface area contributed by atoms with Gasteiger partial charge in [-0.05, 0) is 49.9 Å². The minimum Gasteiger partial charge on any atom is -0.348 e. The highest BCUT2D eigenvalue weighted by Crippen LogP contribution is 2.56. The first-order valence-electron chi connectivity index (χ1n) is 8.44. The van der Waals surface area contributed by atoms with Crippen LogP contribution >= 0.6 is 0 Å². The number of aromatic amines is 1. The van der Waals surface area contributed by atoms with E-state index in [2.05, 4.69) is 42.2 Å². The summed E-state index contributed by atoms with van der Waals surface area (Å²) in [7, 11) is 0. The molecular weight excluding hydrogens is 244 g/mol. The monoisotopic (exact) mass is 272 g/mol. The van der Waals surface area contributed by atoms with Gasteiger partial charge in [0.05, 0.1) is 6.33 Å².